The smallest absolute Gasteiger partial charge is 0.179 e. The number of H-pyrrole nitrogens is 1. The molecule has 4 nitrogen and oxygen atoms in total. The predicted molar refractivity (Wildman–Crippen MR) is 85.5 cm³/mol. The van der Waals surface area contributed by atoms with Crippen molar-refractivity contribution in [2.45, 2.75) is 39.2 Å². The van der Waals surface area contributed by atoms with Gasteiger partial charge in [0.1, 0.15) is 5.52 Å². The average molecular weight is 298 g/mol. The zero-order valence-corrected chi connectivity index (χ0v) is 13.5. The van der Waals surface area contributed by atoms with Gasteiger partial charge in [0.05, 0.1) is 5.69 Å². The zero-order chi connectivity index (χ0) is 13.8. The normalized spacial score (nSPS) is 11.5. The molecule has 106 valence electrons. The minimum atomic E-state index is 0.822. The molecule has 0 saturated heterocycles. The van der Waals surface area contributed by atoms with Crippen molar-refractivity contribution in [3.8, 4) is 0 Å². The summed E-state index contributed by atoms with van der Waals surface area (Å²) in [5.74, 6) is 1.25. The van der Waals surface area contributed by atoms with Gasteiger partial charge in [0, 0.05) is 13.6 Å². The second kappa shape index (κ2) is 6.61. The van der Waals surface area contributed by atoms with Crippen molar-refractivity contribution < 1.29 is 0 Å². The van der Waals surface area contributed by atoms with E-state index in [-0.39, 0.29) is 0 Å². The van der Waals surface area contributed by atoms with Crippen LogP contribution in [-0.2, 0) is 20.0 Å². The summed E-state index contributed by atoms with van der Waals surface area (Å²) in [6.07, 6.45) is 6.81. The molecule has 0 radical (unpaired) electrons. The first kappa shape index (κ1) is 14.7. The van der Waals surface area contributed by atoms with Gasteiger partial charge in [-0.2, -0.15) is 16.9 Å². The highest BCUT2D eigenvalue weighted by atomic mass is 32.2. The highest BCUT2D eigenvalue weighted by Crippen LogP contribution is 2.19. The third-order valence-corrected chi connectivity index (χ3v) is 4.41. The van der Waals surface area contributed by atoms with Gasteiger partial charge in [0.25, 0.3) is 0 Å². The standard InChI is InChI=1S/C13H22N4S2/c1-4-10-11-12(16(2)15-10)17(13(18)14-11)8-6-5-7-9-19-3/h4-9H2,1-3H3,(H,14,18). The van der Waals surface area contributed by atoms with Gasteiger partial charge < -0.3 is 9.55 Å². The molecule has 0 bridgehead atoms. The molecule has 1 N–H and O–H groups in total. The maximum Gasteiger partial charge on any atom is 0.179 e. The molecule has 2 heterocycles. The van der Waals surface area contributed by atoms with Crippen LogP contribution in [0.3, 0.4) is 0 Å². The molecule has 2 aromatic heterocycles. The summed E-state index contributed by atoms with van der Waals surface area (Å²) in [6, 6.07) is 0. The number of nitrogens with zero attached hydrogens (tertiary/aromatic N) is 3. The second-order valence-corrected chi connectivity index (χ2v) is 6.13. The van der Waals surface area contributed by atoms with Crippen molar-refractivity contribution in [1.82, 2.24) is 19.3 Å². The molecule has 2 rings (SSSR count). The van der Waals surface area contributed by atoms with Crippen LogP contribution in [0.4, 0.5) is 0 Å². The lowest BCUT2D eigenvalue weighted by molar-refractivity contribution is 0.595. The number of nitrogens with one attached hydrogen (secondary N) is 1. The van der Waals surface area contributed by atoms with Crippen LogP contribution in [0.2, 0.25) is 0 Å². The summed E-state index contributed by atoms with van der Waals surface area (Å²) in [5, 5.41) is 4.54. The highest BCUT2D eigenvalue weighted by molar-refractivity contribution is 7.98. The number of aryl methyl sites for hydroxylation is 3. The topological polar surface area (TPSA) is 38.5 Å². The minimum Gasteiger partial charge on any atom is -0.328 e. The molecular formula is C13H22N4S2. The van der Waals surface area contributed by atoms with Crippen molar-refractivity contribution in [3.05, 3.63) is 10.5 Å². The van der Waals surface area contributed by atoms with E-state index < -0.39 is 0 Å². The SMILES string of the molecule is CCc1nn(C)c2c1[nH]c(=S)n2CCCCCSC. The zero-order valence-electron chi connectivity index (χ0n) is 11.9. The maximum atomic E-state index is 5.44. The summed E-state index contributed by atoms with van der Waals surface area (Å²) in [5.41, 5.74) is 3.34. The molecule has 0 unspecified atom stereocenters. The average Bonchev–Trinajstić information content (AvgIpc) is 2.87. The van der Waals surface area contributed by atoms with Gasteiger partial charge in [0.15, 0.2) is 10.4 Å². The van der Waals surface area contributed by atoms with Crippen molar-refractivity contribution >= 4 is 35.1 Å². The van der Waals surface area contributed by atoms with Crippen LogP contribution in [0.15, 0.2) is 0 Å². The van der Waals surface area contributed by atoms with Gasteiger partial charge in [-0.05, 0) is 43.5 Å². The Morgan fingerprint density at radius 3 is 2.79 bits per heavy atom. The summed E-state index contributed by atoms with van der Waals surface area (Å²) < 4.78 is 4.96. The second-order valence-electron chi connectivity index (χ2n) is 4.76. The van der Waals surface area contributed by atoms with Crippen LogP contribution in [0.1, 0.15) is 31.9 Å². The van der Waals surface area contributed by atoms with Crippen LogP contribution in [-0.4, -0.2) is 31.3 Å². The number of thioether (sulfide) groups is 1. The van der Waals surface area contributed by atoms with Gasteiger partial charge in [-0.25, -0.2) is 0 Å². The van der Waals surface area contributed by atoms with Gasteiger partial charge >= 0.3 is 0 Å². The molecule has 0 atom stereocenters. The number of rotatable bonds is 7. The van der Waals surface area contributed by atoms with Crippen LogP contribution in [0.5, 0.6) is 0 Å². The predicted octanol–water partition coefficient (Wildman–Crippen LogP) is 3.53. The Bertz CT molecular complexity index is 594. The third kappa shape index (κ3) is 3.05. The van der Waals surface area contributed by atoms with E-state index in [9.17, 15) is 0 Å². The van der Waals surface area contributed by atoms with Crippen LogP contribution >= 0.6 is 24.0 Å². The molecule has 0 saturated carbocycles. The van der Waals surface area contributed by atoms with E-state index in [1.807, 2.05) is 23.5 Å². The summed E-state index contributed by atoms with van der Waals surface area (Å²) >= 11 is 7.35. The van der Waals surface area contributed by atoms with Crippen molar-refractivity contribution in [3.63, 3.8) is 0 Å². The third-order valence-electron chi connectivity index (χ3n) is 3.39. The molecular weight excluding hydrogens is 276 g/mol. The van der Waals surface area contributed by atoms with Gasteiger partial charge in [-0.15, -0.1) is 0 Å². The van der Waals surface area contributed by atoms with Crippen LogP contribution in [0, 0.1) is 4.77 Å². The maximum absolute atomic E-state index is 5.44. The van der Waals surface area contributed by atoms with E-state index in [1.165, 1.54) is 25.0 Å². The molecule has 6 heteroatoms. The van der Waals surface area contributed by atoms with E-state index in [0.29, 0.717) is 0 Å². The van der Waals surface area contributed by atoms with Crippen molar-refractivity contribution in [2.75, 3.05) is 12.0 Å². The lowest BCUT2D eigenvalue weighted by atomic mass is 10.2. The van der Waals surface area contributed by atoms with E-state index in [2.05, 4.69) is 27.8 Å². The largest absolute Gasteiger partial charge is 0.328 e. The Hall–Kier alpha value is -0.750. The summed E-state index contributed by atoms with van der Waals surface area (Å²) in [6.45, 7) is 3.11. The summed E-state index contributed by atoms with van der Waals surface area (Å²) in [4.78, 5) is 3.31. The number of hydrogen-bond donors (Lipinski definition) is 1. The lowest BCUT2D eigenvalue weighted by Crippen LogP contribution is -2.03. The van der Waals surface area contributed by atoms with Crippen LogP contribution < -0.4 is 0 Å². The molecule has 0 aliphatic heterocycles. The molecule has 2 aromatic rings. The van der Waals surface area contributed by atoms with Gasteiger partial charge in [-0.3, -0.25) is 4.68 Å². The minimum absolute atomic E-state index is 0.822. The fraction of sp³-hybridized carbons (Fsp3) is 0.692. The summed E-state index contributed by atoms with van der Waals surface area (Å²) in [7, 11) is 1.99. The number of hydrogen-bond acceptors (Lipinski definition) is 3. The van der Waals surface area contributed by atoms with E-state index in [1.54, 1.807) is 0 Å². The molecule has 0 aromatic carbocycles. The highest BCUT2D eigenvalue weighted by Gasteiger charge is 2.13. The van der Waals surface area contributed by atoms with E-state index in [4.69, 9.17) is 12.2 Å². The number of unbranched alkanes of at least 4 members (excludes halogenated alkanes) is 2. The Morgan fingerprint density at radius 1 is 1.32 bits per heavy atom. The first-order chi connectivity index (χ1) is 9.19. The van der Waals surface area contributed by atoms with Crippen molar-refractivity contribution in [1.29, 1.82) is 0 Å². The first-order valence-electron chi connectivity index (χ1n) is 6.82. The lowest BCUT2D eigenvalue weighted by Gasteiger charge is -2.04. The van der Waals surface area contributed by atoms with E-state index >= 15 is 0 Å². The fourth-order valence-electron chi connectivity index (χ4n) is 2.43. The fourth-order valence-corrected chi connectivity index (χ4v) is 3.20. The first-order valence-corrected chi connectivity index (χ1v) is 8.62. The molecule has 19 heavy (non-hydrogen) atoms. The number of aromatic nitrogens is 4. The molecule has 0 fully saturated rings. The Morgan fingerprint density at radius 2 is 2.11 bits per heavy atom. The number of imidazole rings is 1. The van der Waals surface area contributed by atoms with Gasteiger partial charge in [-0.1, -0.05) is 13.3 Å². The van der Waals surface area contributed by atoms with Crippen molar-refractivity contribution in [2.24, 2.45) is 7.05 Å². The monoisotopic (exact) mass is 298 g/mol. The Kier molecular flexibility index (Phi) is 5.10. The van der Waals surface area contributed by atoms with Gasteiger partial charge in [0.2, 0.25) is 0 Å². The number of fused-ring (bicyclic) bond motifs is 1. The number of aromatic amines is 1. The Labute approximate surface area is 123 Å². The molecule has 0 spiro atoms. The molecule has 0 aliphatic rings. The van der Waals surface area contributed by atoms with Crippen LogP contribution in [0.25, 0.3) is 11.2 Å². The molecule has 0 amide bonds. The Balaban J connectivity index is 2.16. The molecule has 0 aliphatic carbocycles. The van der Waals surface area contributed by atoms with E-state index in [0.717, 1.165) is 34.6 Å². The quantitative estimate of drug-likeness (QED) is 0.628.